The normalized spacial score (nSPS) is 11.6. The molecule has 0 aliphatic rings. The summed E-state index contributed by atoms with van der Waals surface area (Å²) in [4.78, 5) is 13.7. The average molecular weight is 486 g/mol. The summed E-state index contributed by atoms with van der Waals surface area (Å²) < 4.78 is 60.5. The molecule has 0 N–H and O–H groups in total. The molecule has 1 aromatic heterocycles. The molecule has 174 valence electrons. The Labute approximate surface area is 197 Å². The van der Waals surface area contributed by atoms with E-state index in [2.05, 4.69) is 6.58 Å². The van der Waals surface area contributed by atoms with Crippen LogP contribution in [0.3, 0.4) is 0 Å². The van der Waals surface area contributed by atoms with Crippen molar-refractivity contribution in [3.63, 3.8) is 0 Å². The third-order valence-corrected chi connectivity index (χ3v) is 6.36. The fraction of sp³-hybridized carbons (Fsp3) is 0.115. The van der Waals surface area contributed by atoms with E-state index in [1.807, 2.05) is 42.5 Å². The number of thioether (sulfide) groups is 1. The Morgan fingerprint density at radius 2 is 1.76 bits per heavy atom. The van der Waals surface area contributed by atoms with E-state index in [9.17, 15) is 22.4 Å². The van der Waals surface area contributed by atoms with E-state index < -0.39 is 28.7 Å². The molecule has 0 fully saturated rings. The van der Waals surface area contributed by atoms with Crippen LogP contribution in [-0.4, -0.2) is 17.9 Å². The quantitative estimate of drug-likeness (QED) is 0.218. The predicted molar refractivity (Wildman–Crippen MR) is 127 cm³/mol. The molecule has 0 bridgehead atoms. The fourth-order valence-electron chi connectivity index (χ4n) is 3.57. The van der Waals surface area contributed by atoms with Crippen LogP contribution in [0.25, 0.3) is 22.2 Å². The summed E-state index contributed by atoms with van der Waals surface area (Å²) in [6, 6.07) is 20.2. The molecule has 0 aliphatic heterocycles. The topological polar surface area (TPSA) is 31.2 Å². The molecule has 0 spiro atoms. The zero-order valence-corrected chi connectivity index (χ0v) is 18.8. The summed E-state index contributed by atoms with van der Waals surface area (Å²) in [6.45, 7) is 2.96. The van der Waals surface area contributed by atoms with Gasteiger partial charge in [0.2, 0.25) is 0 Å². The number of ether oxygens (including phenoxy) is 1. The zero-order valence-electron chi connectivity index (χ0n) is 18.0. The lowest BCUT2D eigenvalue weighted by Gasteiger charge is -2.18. The summed E-state index contributed by atoms with van der Waals surface area (Å²) >= 11 is 1.62. The van der Waals surface area contributed by atoms with E-state index in [1.54, 1.807) is 23.9 Å². The van der Waals surface area contributed by atoms with E-state index in [-0.39, 0.29) is 11.4 Å². The van der Waals surface area contributed by atoms with Gasteiger partial charge in [-0.15, -0.1) is 11.8 Å². The second-order valence-electron chi connectivity index (χ2n) is 7.48. The molecule has 4 aromatic rings. The molecule has 3 nitrogen and oxygen atoms in total. The van der Waals surface area contributed by atoms with Crippen molar-refractivity contribution in [2.75, 3.05) is 7.11 Å². The Morgan fingerprint density at radius 3 is 2.44 bits per heavy atom. The smallest absolute Gasteiger partial charge is 0.416 e. The van der Waals surface area contributed by atoms with Crippen molar-refractivity contribution in [1.29, 1.82) is 0 Å². The van der Waals surface area contributed by atoms with Crippen LogP contribution in [-0.2, 0) is 5.75 Å². The third-order valence-electron chi connectivity index (χ3n) is 5.29. The third kappa shape index (κ3) is 4.72. The number of rotatable bonds is 6. The summed E-state index contributed by atoms with van der Waals surface area (Å²) in [5, 5.41) is 0.712. The Balaban J connectivity index is 1.78. The molecule has 0 unspecified atom stereocenters. The fourth-order valence-corrected chi connectivity index (χ4v) is 4.47. The van der Waals surface area contributed by atoms with Gasteiger partial charge in [-0.25, -0.2) is 4.39 Å². The number of hydrogen-bond donors (Lipinski definition) is 0. The second kappa shape index (κ2) is 9.38. The predicted octanol–water partition coefficient (Wildman–Crippen LogP) is 7.01. The summed E-state index contributed by atoms with van der Waals surface area (Å²) in [5.41, 5.74) is -0.910. The van der Waals surface area contributed by atoms with Crippen molar-refractivity contribution in [1.82, 2.24) is 4.57 Å². The first-order chi connectivity index (χ1) is 16.2. The number of benzene rings is 3. The number of halogens is 4. The highest BCUT2D eigenvalue weighted by Gasteiger charge is 2.35. The van der Waals surface area contributed by atoms with Gasteiger partial charge < -0.3 is 4.74 Å². The van der Waals surface area contributed by atoms with Crippen LogP contribution in [0.2, 0.25) is 0 Å². The number of methoxy groups -OCH3 is 1. The molecule has 4 rings (SSSR count). The van der Waals surface area contributed by atoms with Crippen molar-refractivity contribution in [2.45, 2.75) is 16.8 Å². The molecule has 0 atom stereocenters. The number of fused-ring (bicyclic) bond motifs is 1. The van der Waals surface area contributed by atoms with Gasteiger partial charge in [0.1, 0.15) is 11.6 Å². The van der Waals surface area contributed by atoms with Crippen LogP contribution in [0.1, 0.15) is 11.1 Å². The van der Waals surface area contributed by atoms with Gasteiger partial charge in [-0.1, -0.05) is 36.9 Å². The summed E-state index contributed by atoms with van der Waals surface area (Å²) in [5.74, 6) is -0.480. The van der Waals surface area contributed by atoms with Crippen molar-refractivity contribution in [3.8, 4) is 11.4 Å². The molecule has 0 saturated heterocycles. The molecular formula is C26H19F4NO2S. The lowest BCUT2D eigenvalue weighted by atomic mass is 10.0. The van der Waals surface area contributed by atoms with Crippen LogP contribution in [0, 0.1) is 5.82 Å². The minimum absolute atomic E-state index is 0.000914. The molecule has 0 radical (unpaired) electrons. The van der Waals surface area contributed by atoms with Crippen LogP contribution in [0.5, 0.6) is 5.75 Å². The van der Waals surface area contributed by atoms with Gasteiger partial charge in [0, 0.05) is 28.3 Å². The monoisotopic (exact) mass is 485 g/mol. The van der Waals surface area contributed by atoms with Crippen LogP contribution in [0.15, 0.2) is 89.1 Å². The zero-order chi connectivity index (χ0) is 24.5. The molecule has 8 heteroatoms. The number of nitrogens with zero attached hydrogens (tertiary/aromatic N) is 1. The minimum atomic E-state index is -4.81. The maximum absolute atomic E-state index is 14.8. The summed E-state index contributed by atoms with van der Waals surface area (Å²) in [7, 11) is 1.24. The standard InChI is InChI=1S/C26H19F4NO2S/c1-16(26(28,29)30)20-13-24(33-2)23(14-21(20)27)31-22-10-9-19(12-18(22)8-11-25(31)32)34-15-17-6-4-3-5-7-17/h3-14H,1,15H2,2H3. The average Bonchev–Trinajstić information content (AvgIpc) is 2.82. The van der Waals surface area contributed by atoms with Crippen LogP contribution in [0.4, 0.5) is 17.6 Å². The van der Waals surface area contributed by atoms with Crippen molar-refractivity contribution < 1.29 is 22.3 Å². The van der Waals surface area contributed by atoms with E-state index in [1.165, 1.54) is 23.3 Å². The first-order valence-corrected chi connectivity index (χ1v) is 11.1. The second-order valence-corrected chi connectivity index (χ2v) is 8.53. The van der Waals surface area contributed by atoms with Gasteiger partial charge in [0.05, 0.1) is 23.9 Å². The molecule has 0 saturated carbocycles. The van der Waals surface area contributed by atoms with Gasteiger partial charge in [-0.2, -0.15) is 13.2 Å². The largest absolute Gasteiger partial charge is 0.495 e. The number of pyridine rings is 1. The van der Waals surface area contributed by atoms with E-state index >= 15 is 0 Å². The maximum Gasteiger partial charge on any atom is 0.416 e. The molecule has 0 aliphatic carbocycles. The lowest BCUT2D eigenvalue weighted by molar-refractivity contribution is -0.0688. The van der Waals surface area contributed by atoms with Gasteiger partial charge in [0.15, 0.2) is 0 Å². The van der Waals surface area contributed by atoms with Gasteiger partial charge in [-0.05, 0) is 41.3 Å². The Hall–Kier alpha value is -3.52. The Kier molecular flexibility index (Phi) is 6.52. The lowest BCUT2D eigenvalue weighted by Crippen LogP contribution is -2.19. The highest BCUT2D eigenvalue weighted by Crippen LogP contribution is 2.38. The SMILES string of the molecule is C=C(c1cc(OC)c(-n2c(=O)ccc3cc(SCc4ccccc4)ccc32)cc1F)C(F)(F)F. The number of hydrogen-bond acceptors (Lipinski definition) is 3. The molecule has 1 heterocycles. The molecular weight excluding hydrogens is 466 g/mol. The first kappa shape index (κ1) is 23.6. The molecule has 0 amide bonds. The molecule has 3 aromatic carbocycles. The van der Waals surface area contributed by atoms with Crippen molar-refractivity contribution in [2.24, 2.45) is 0 Å². The van der Waals surface area contributed by atoms with Crippen molar-refractivity contribution in [3.05, 3.63) is 107 Å². The van der Waals surface area contributed by atoms with Crippen LogP contribution >= 0.6 is 11.8 Å². The van der Waals surface area contributed by atoms with E-state index in [4.69, 9.17) is 4.74 Å². The Morgan fingerprint density at radius 1 is 1.03 bits per heavy atom. The summed E-state index contributed by atoms with van der Waals surface area (Å²) in [6.07, 6.45) is -4.81. The van der Waals surface area contributed by atoms with E-state index in [0.717, 1.165) is 22.8 Å². The number of alkyl halides is 3. The highest BCUT2D eigenvalue weighted by atomic mass is 32.2. The highest BCUT2D eigenvalue weighted by molar-refractivity contribution is 7.98. The van der Waals surface area contributed by atoms with Crippen LogP contribution < -0.4 is 10.3 Å². The maximum atomic E-state index is 14.8. The Bertz CT molecular complexity index is 1430. The number of allylic oxidation sites excluding steroid dienone is 1. The van der Waals surface area contributed by atoms with Gasteiger partial charge >= 0.3 is 6.18 Å². The van der Waals surface area contributed by atoms with Gasteiger partial charge in [0.25, 0.3) is 5.56 Å². The van der Waals surface area contributed by atoms with Crippen molar-refractivity contribution >= 4 is 28.2 Å². The van der Waals surface area contributed by atoms with Gasteiger partial charge in [-0.3, -0.25) is 9.36 Å². The molecule has 34 heavy (non-hydrogen) atoms. The number of aromatic nitrogens is 1. The first-order valence-electron chi connectivity index (χ1n) is 10.2. The van der Waals surface area contributed by atoms with E-state index in [0.29, 0.717) is 10.9 Å². The minimum Gasteiger partial charge on any atom is -0.495 e.